The van der Waals surface area contributed by atoms with Crippen LogP contribution < -0.4 is 10.6 Å². The molecule has 1 fully saturated rings. The van der Waals surface area contributed by atoms with Crippen LogP contribution in [0, 0.1) is 0 Å². The Bertz CT molecular complexity index is 947. The molecule has 2 heterocycles. The fourth-order valence-electron chi connectivity index (χ4n) is 3.95. The second-order valence-corrected chi connectivity index (χ2v) is 7.60. The first-order chi connectivity index (χ1) is 14.3. The van der Waals surface area contributed by atoms with Crippen molar-refractivity contribution in [2.45, 2.75) is 32.0 Å². The molecule has 0 radical (unpaired) electrons. The van der Waals surface area contributed by atoms with Gasteiger partial charge >= 0.3 is 0 Å². The van der Waals surface area contributed by atoms with Crippen molar-refractivity contribution in [1.29, 1.82) is 0 Å². The van der Waals surface area contributed by atoms with Crippen molar-refractivity contribution in [3.05, 3.63) is 78.0 Å². The van der Waals surface area contributed by atoms with Gasteiger partial charge in [-0.2, -0.15) is 0 Å². The number of rotatable bonds is 5. The van der Waals surface area contributed by atoms with Crippen molar-refractivity contribution < 1.29 is 0 Å². The molecule has 0 amide bonds. The zero-order chi connectivity index (χ0) is 19.9. The summed E-state index contributed by atoms with van der Waals surface area (Å²) >= 11 is 0. The summed E-state index contributed by atoms with van der Waals surface area (Å²) in [5.41, 5.74) is 3.62. The number of piperidine rings is 1. The number of aromatic nitrogens is 1. The van der Waals surface area contributed by atoms with Crippen molar-refractivity contribution in [3.8, 4) is 0 Å². The Labute approximate surface area is 196 Å². The van der Waals surface area contributed by atoms with Crippen LogP contribution in [0.3, 0.4) is 0 Å². The first kappa shape index (κ1) is 22.5. The van der Waals surface area contributed by atoms with Gasteiger partial charge in [0.15, 0.2) is 5.96 Å². The number of fused-ring (bicyclic) bond motifs is 1. The predicted molar refractivity (Wildman–Crippen MR) is 135 cm³/mol. The normalized spacial score (nSPS) is 15.6. The fraction of sp³-hybridized carbons (Fsp3) is 0.333. The molecule has 1 aliphatic heterocycles. The zero-order valence-electron chi connectivity index (χ0n) is 17.4. The SMILES string of the molecule is CN=C(NCc1cccc2cccnc12)NC1CCN(Cc2ccccc2)CC1.I. The lowest BCUT2D eigenvalue weighted by Gasteiger charge is -2.33. The van der Waals surface area contributed by atoms with Crippen LogP contribution in [0.15, 0.2) is 71.9 Å². The molecule has 0 unspecified atom stereocenters. The minimum atomic E-state index is 0. The van der Waals surface area contributed by atoms with Crippen LogP contribution in [0.1, 0.15) is 24.0 Å². The summed E-state index contributed by atoms with van der Waals surface area (Å²) in [6.45, 7) is 3.96. The Hall–Kier alpha value is -2.19. The third-order valence-electron chi connectivity index (χ3n) is 5.56. The van der Waals surface area contributed by atoms with E-state index in [0.717, 1.165) is 44.0 Å². The highest BCUT2D eigenvalue weighted by Gasteiger charge is 2.20. The van der Waals surface area contributed by atoms with Gasteiger partial charge in [0.1, 0.15) is 0 Å². The van der Waals surface area contributed by atoms with Crippen molar-refractivity contribution in [3.63, 3.8) is 0 Å². The van der Waals surface area contributed by atoms with Gasteiger partial charge < -0.3 is 10.6 Å². The fourth-order valence-corrected chi connectivity index (χ4v) is 3.95. The molecule has 0 saturated carbocycles. The van der Waals surface area contributed by atoms with E-state index in [1.54, 1.807) is 0 Å². The number of aliphatic imine (C=N–C) groups is 1. The molecule has 0 aliphatic carbocycles. The van der Waals surface area contributed by atoms with E-state index in [9.17, 15) is 0 Å². The van der Waals surface area contributed by atoms with E-state index in [2.05, 4.69) is 80.1 Å². The van der Waals surface area contributed by atoms with Crippen LogP contribution in [0.25, 0.3) is 10.9 Å². The quantitative estimate of drug-likeness (QED) is 0.304. The van der Waals surface area contributed by atoms with E-state index < -0.39 is 0 Å². The zero-order valence-corrected chi connectivity index (χ0v) is 19.8. The molecular formula is C24H30IN5. The largest absolute Gasteiger partial charge is 0.354 e. The van der Waals surface area contributed by atoms with Crippen molar-refractivity contribution in [2.24, 2.45) is 4.99 Å². The lowest BCUT2D eigenvalue weighted by Crippen LogP contribution is -2.48. The second kappa shape index (κ2) is 11.3. The molecule has 1 aromatic heterocycles. The van der Waals surface area contributed by atoms with Crippen LogP contribution in [0.5, 0.6) is 0 Å². The monoisotopic (exact) mass is 515 g/mol. The Morgan fingerprint density at radius 3 is 2.57 bits per heavy atom. The molecule has 0 bridgehead atoms. The molecule has 30 heavy (non-hydrogen) atoms. The lowest BCUT2D eigenvalue weighted by molar-refractivity contribution is 0.198. The number of nitrogens with zero attached hydrogens (tertiary/aromatic N) is 3. The number of nitrogens with one attached hydrogen (secondary N) is 2. The smallest absolute Gasteiger partial charge is 0.191 e. The highest BCUT2D eigenvalue weighted by Crippen LogP contribution is 2.16. The molecule has 4 rings (SSSR count). The molecule has 5 nitrogen and oxygen atoms in total. The summed E-state index contributed by atoms with van der Waals surface area (Å²) < 4.78 is 0. The van der Waals surface area contributed by atoms with E-state index in [1.165, 1.54) is 16.5 Å². The minimum absolute atomic E-state index is 0. The number of guanidine groups is 1. The van der Waals surface area contributed by atoms with Gasteiger partial charge in [0.2, 0.25) is 0 Å². The Morgan fingerprint density at radius 1 is 1.03 bits per heavy atom. The van der Waals surface area contributed by atoms with Crippen LogP contribution in [-0.2, 0) is 13.1 Å². The van der Waals surface area contributed by atoms with Gasteiger partial charge in [0, 0.05) is 50.9 Å². The van der Waals surface area contributed by atoms with E-state index in [1.807, 2.05) is 19.3 Å². The average molecular weight is 515 g/mol. The molecule has 6 heteroatoms. The number of para-hydroxylation sites is 1. The molecule has 2 N–H and O–H groups in total. The number of likely N-dealkylation sites (tertiary alicyclic amines) is 1. The van der Waals surface area contributed by atoms with Crippen molar-refractivity contribution in [1.82, 2.24) is 20.5 Å². The summed E-state index contributed by atoms with van der Waals surface area (Å²) in [6, 6.07) is 21.6. The molecule has 1 aliphatic rings. The predicted octanol–water partition coefficient (Wildman–Crippen LogP) is 4.18. The Kier molecular flexibility index (Phi) is 8.45. The van der Waals surface area contributed by atoms with E-state index in [4.69, 9.17) is 0 Å². The third kappa shape index (κ3) is 5.92. The molecule has 3 aromatic rings. The van der Waals surface area contributed by atoms with Gasteiger partial charge in [-0.3, -0.25) is 14.9 Å². The standard InChI is InChI=1S/C24H29N5.HI/c1-25-24(27-17-21-10-5-9-20-11-6-14-26-23(20)21)28-22-12-15-29(16-13-22)18-19-7-3-2-4-8-19;/h2-11,14,22H,12-13,15-18H2,1H3,(H2,25,27,28);1H. The Morgan fingerprint density at radius 2 is 1.80 bits per heavy atom. The third-order valence-corrected chi connectivity index (χ3v) is 5.56. The van der Waals surface area contributed by atoms with Gasteiger partial charge in [0.25, 0.3) is 0 Å². The summed E-state index contributed by atoms with van der Waals surface area (Å²) in [6.07, 6.45) is 4.11. The van der Waals surface area contributed by atoms with Crippen LogP contribution in [-0.4, -0.2) is 42.0 Å². The van der Waals surface area contributed by atoms with Crippen LogP contribution in [0.4, 0.5) is 0 Å². The number of hydrogen-bond donors (Lipinski definition) is 2. The summed E-state index contributed by atoms with van der Waals surface area (Å²) in [5.74, 6) is 0.861. The second-order valence-electron chi connectivity index (χ2n) is 7.60. The molecule has 158 valence electrons. The Balaban J connectivity index is 0.00000256. The first-order valence-electron chi connectivity index (χ1n) is 10.4. The number of hydrogen-bond acceptors (Lipinski definition) is 3. The topological polar surface area (TPSA) is 52.6 Å². The number of halogens is 1. The lowest BCUT2D eigenvalue weighted by atomic mass is 10.0. The molecule has 2 aromatic carbocycles. The van der Waals surface area contributed by atoms with Gasteiger partial charge in [-0.15, -0.1) is 24.0 Å². The number of pyridine rings is 1. The first-order valence-corrected chi connectivity index (χ1v) is 10.4. The van der Waals surface area contributed by atoms with Crippen molar-refractivity contribution in [2.75, 3.05) is 20.1 Å². The maximum atomic E-state index is 4.54. The summed E-state index contributed by atoms with van der Waals surface area (Å²) in [4.78, 5) is 11.5. The number of benzene rings is 2. The van der Waals surface area contributed by atoms with E-state index in [0.29, 0.717) is 12.6 Å². The van der Waals surface area contributed by atoms with E-state index >= 15 is 0 Å². The minimum Gasteiger partial charge on any atom is -0.354 e. The van der Waals surface area contributed by atoms with Crippen LogP contribution >= 0.6 is 24.0 Å². The van der Waals surface area contributed by atoms with Gasteiger partial charge in [-0.1, -0.05) is 54.6 Å². The summed E-state index contributed by atoms with van der Waals surface area (Å²) in [5, 5.41) is 8.23. The highest BCUT2D eigenvalue weighted by atomic mass is 127. The molecule has 0 spiro atoms. The summed E-state index contributed by atoms with van der Waals surface area (Å²) in [7, 11) is 1.83. The van der Waals surface area contributed by atoms with Crippen LogP contribution in [0.2, 0.25) is 0 Å². The van der Waals surface area contributed by atoms with Gasteiger partial charge in [-0.05, 0) is 30.0 Å². The molecule has 0 atom stereocenters. The van der Waals surface area contributed by atoms with Crippen molar-refractivity contribution >= 4 is 40.8 Å². The van der Waals surface area contributed by atoms with E-state index in [-0.39, 0.29) is 24.0 Å². The molecular weight excluding hydrogens is 485 g/mol. The average Bonchev–Trinajstić information content (AvgIpc) is 2.78. The maximum Gasteiger partial charge on any atom is 0.191 e. The molecule has 1 saturated heterocycles. The van der Waals surface area contributed by atoms with Gasteiger partial charge in [-0.25, -0.2) is 0 Å². The highest BCUT2D eigenvalue weighted by molar-refractivity contribution is 14.0. The van der Waals surface area contributed by atoms with Gasteiger partial charge in [0.05, 0.1) is 5.52 Å². The maximum absolute atomic E-state index is 4.54.